The summed E-state index contributed by atoms with van der Waals surface area (Å²) >= 11 is 4.86. The minimum atomic E-state index is -0.999. The summed E-state index contributed by atoms with van der Waals surface area (Å²) in [4.78, 5) is 20.6. The third-order valence-electron chi connectivity index (χ3n) is 4.64. The highest BCUT2D eigenvalue weighted by Crippen LogP contribution is 2.35. The molecule has 28 heavy (non-hydrogen) atoms. The summed E-state index contributed by atoms with van der Waals surface area (Å²) in [6, 6.07) is 16.2. The van der Waals surface area contributed by atoms with E-state index < -0.39 is 10.7 Å². The van der Waals surface area contributed by atoms with Crippen LogP contribution < -0.4 is 0 Å². The summed E-state index contributed by atoms with van der Waals surface area (Å²) < 4.78 is 2.10. The molecule has 2 aromatic heterocycles. The number of thioether (sulfide) groups is 1. The van der Waals surface area contributed by atoms with Gasteiger partial charge in [0.25, 0.3) is 0 Å². The number of carboxylic acid groups (broad SMARTS) is 1. The molecule has 7 heteroatoms. The molecule has 0 aliphatic carbocycles. The van der Waals surface area contributed by atoms with Crippen molar-refractivity contribution in [3.8, 4) is 0 Å². The summed E-state index contributed by atoms with van der Waals surface area (Å²) in [5, 5.41) is 12.5. The van der Waals surface area contributed by atoms with E-state index in [1.54, 1.807) is 20.0 Å². The van der Waals surface area contributed by atoms with Gasteiger partial charge in [0, 0.05) is 10.7 Å². The molecule has 4 rings (SSSR count). The van der Waals surface area contributed by atoms with Gasteiger partial charge in [-0.25, -0.2) is 9.97 Å². The van der Waals surface area contributed by atoms with Gasteiger partial charge in [0.1, 0.15) is 4.75 Å². The average Bonchev–Trinajstić information content (AvgIpc) is 3.00. The zero-order valence-electron chi connectivity index (χ0n) is 15.4. The molecule has 0 aliphatic heterocycles. The highest BCUT2D eigenvalue weighted by molar-refractivity contribution is 9.10. The van der Waals surface area contributed by atoms with Gasteiger partial charge in [0.15, 0.2) is 10.8 Å². The number of imidazole rings is 1. The van der Waals surface area contributed by atoms with Crippen LogP contribution in [0.25, 0.3) is 21.9 Å². The van der Waals surface area contributed by atoms with Crippen molar-refractivity contribution in [1.82, 2.24) is 14.5 Å². The fourth-order valence-corrected chi connectivity index (χ4v) is 4.50. The number of aliphatic carboxylic acids is 1. The number of nitrogens with zero attached hydrogens (tertiary/aromatic N) is 3. The predicted molar refractivity (Wildman–Crippen MR) is 116 cm³/mol. The van der Waals surface area contributed by atoms with Gasteiger partial charge in [-0.15, -0.1) is 0 Å². The number of hydrogen-bond donors (Lipinski definition) is 1. The Balaban J connectivity index is 1.86. The van der Waals surface area contributed by atoms with E-state index in [1.807, 2.05) is 34.9 Å². The Bertz CT molecular complexity index is 1200. The van der Waals surface area contributed by atoms with Crippen LogP contribution in [0.5, 0.6) is 0 Å². The Labute approximate surface area is 174 Å². The highest BCUT2D eigenvalue weighted by atomic mass is 79.9. The summed E-state index contributed by atoms with van der Waals surface area (Å²) in [5.41, 5.74) is 2.64. The molecule has 4 aromatic rings. The molecule has 1 N–H and O–H groups in total. The van der Waals surface area contributed by atoms with Crippen LogP contribution >= 0.6 is 27.7 Å². The number of hydrogen-bond acceptors (Lipinski definition) is 4. The number of pyridine rings is 1. The standard InChI is InChI=1S/C21H18BrN3O2S/c1-21(2,19(26)27)28-20-24-18-17(8-5-11-23-18)25(20)12-13-9-10-16(22)15-7-4-3-6-14(13)15/h3-11H,12H2,1-2H3,(H,26,27). The topological polar surface area (TPSA) is 68.0 Å². The van der Waals surface area contributed by atoms with E-state index >= 15 is 0 Å². The van der Waals surface area contributed by atoms with Crippen molar-refractivity contribution in [2.75, 3.05) is 0 Å². The molecule has 0 saturated carbocycles. The first-order valence-corrected chi connectivity index (χ1v) is 10.4. The minimum Gasteiger partial charge on any atom is -0.480 e. The average molecular weight is 456 g/mol. The fraction of sp³-hybridized carbons (Fsp3) is 0.190. The van der Waals surface area contributed by atoms with Gasteiger partial charge in [0.2, 0.25) is 0 Å². The third-order valence-corrected chi connectivity index (χ3v) is 6.51. The summed E-state index contributed by atoms with van der Waals surface area (Å²) in [5.74, 6) is -0.877. The first-order chi connectivity index (χ1) is 13.4. The third kappa shape index (κ3) is 3.40. The zero-order chi connectivity index (χ0) is 19.9. The number of benzene rings is 2. The molecule has 5 nitrogen and oxygen atoms in total. The Morgan fingerprint density at radius 3 is 2.64 bits per heavy atom. The molecule has 0 unspecified atom stereocenters. The van der Waals surface area contributed by atoms with Crippen LogP contribution in [-0.2, 0) is 11.3 Å². The predicted octanol–water partition coefficient (Wildman–Crippen LogP) is 5.35. The minimum absolute atomic E-state index is 0.577. The first-order valence-electron chi connectivity index (χ1n) is 8.76. The molecular weight excluding hydrogens is 438 g/mol. The van der Waals surface area contributed by atoms with Crippen molar-refractivity contribution < 1.29 is 9.90 Å². The van der Waals surface area contributed by atoms with E-state index in [4.69, 9.17) is 0 Å². The van der Waals surface area contributed by atoms with Crippen molar-refractivity contribution in [3.05, 3.63) is 64.8 Å². The normalized spacial score (nSPS) is 12.0. The van der Waals surface area contributed by atoms with E-state index in [0.717, 1.165) is 26.3 Å². The van der Waals surface area contributed by atoms with Gasteiger partial charge in [-0.05, 0) is 48.4 Å². The van der Waals surface area contributed by atoms with Crippen LogP contribution in [0.3, 0.4) is 0 Å². The molecule has 2 heterocycles. The molecule has 142 valence electrons. The van der Waals surface area contributed by atoms with Crippen molar-refractivity contribution in [3.63, 3.8) is 0 Å². The lowest BCUT2D eigenvalue weighted by Crippen LogP contribution is -2.27. The number of rotatable bonds is 5. The van der Waals surface area contributed by atoms with Gasteiger partial charge >= 0.3 is 5.97 Å². The maximum Gasteiger partial charge on any atom is 0.319 e. The van der Waals surface area contributed by atoms with Gasteiger partial charge in [-0.2, -0.15) is 0 Å². The van der Waals surface area contributed by atoms with E-state index in [0.29, 0.717) is 17.3 Å². The van der Waals surface area contributed by atoms with E-state index in [-0.39, 0.29) is 0 Å². The Kier molecular flexibility index (Phi) is 4.89. The summed E-state index contributed by atoms with van der Waals surface area (Å²) in [6.07, 6.45) is 1.70. The number of carbonyl (C=O) groups is 1. The summed E-state index contributed by atoms with van der Waals surface area (Å²) in [7, 11) is 0. The quantitative estimate of drug-likeness (QED) is 0.410. The number of aromatic nitrogens is 3. The second kappa shape index (κ2) is 7.22. The maximum atomic E-state index is 11.6. The van der Waals surface area contributed by atoms with Gasteiger partial charge in [-0.3, -0.25) is 4.79 Å². The lowest BCUT2D eigenvalue weighted by atomic mass is 10.0. The number of fused-ring (bicyclic) bond motifs is 2. The fourth-order valence-electron chi connectivity index (χ4n) is 3.07. The van der Waals surface area contributed by atoms with Crippen LogP contribution in [0, 0.1) is 0 Å². The van der Waals surface area contributed by atoms with Crippen molar-refractivity contribution >= 4 is 55.6 Å². The van der Waals surface area contributed by atoms with Gasteiger partial charge in [0.05, 0.1) is 12.1 Å². The number of carboxylic acids is 1. The van der Waals surface area contributed by atoms with Crippen LogP contribution in [0.4, 0.5) is 0 Å². The highest BCUT2D eigenvalue weighted by Gasteiger charge is 2.31. The molecule has 0 bridgehead atoms. The van der Waals surface area contributed by atoms with Crippen molar-refractivity contribution in [2.24, 2.45) is 0 Å². The second-order valence-corrected chi connectivity index (χ2v) is 9.44. The van der Waals surface area contributed by atoms with Gasteiger partial charge < -0.3 is 9.67 Å². The van der Waals surface area contributed by atoms with Crippen LogP contribution in [0.2, 0.25) is 0 Å². The summed E-state index contributed by atoms with van der Waals surface area (Å²) in [6.45, 7) is 3.95. The Morgan fingerprint density at radius 1 is 1.14 bits per heavy atom. The molecule has 0 fully saturated rings. The molecular formula is C21H18BrN3O2S. The largest absolute Gasteiger partial charge is 0.480 e. The first kappa shape index (κ1) is 19.0. The zero-order valence-corrected chi connectivity index (χ0v) is 17.8. The SMILES string of the molecule is CC(C)(Sc1nc2ncccc2n1Cc1ccc(Br)c2ccccc12)C(=O)O. The lowest BCUT2D eigenvalue weighted by Gasteiger charge is -2.19. The molecule has 0 spiro atoms. The molecule has 0 aliphatic rings. The second-order valence-electron chi connectivity index (χ2n) is 7.00. The smallest absolute Gasteiger partial charge is 0.319 e. The molecule has 0 atom stereocenters. The lowest BCUT2D eigenvalue weighted by molar-refractivity contribution is -0.138. The van der Waals surface area contributed by atoms with E-state index in [2.05, 4.69) is 44.1 Å². The molecule has 0 amide bonds. The van der Waals surface area contributed by atoms with Crippen molar-refractivity contribution in [1.29, 1.82) is 0 Å². The van der Waals surface area contributed by atoms with E-state index in [9.17, 15) is 9.90 Å². The van der Waals surface area contributed by atoms with Crippen LogP contribution in [-0.4, -0.2) is 30.4 Å². The molecule has 0 saturated heterocycles. The van der Waals surface area contributed by atoms with Crippen molar-refractivity contribution in [2.45, 2.75) is 30.3 Å². The maximum absolute atomic E-state index is 11.6. The number of halogens is 1. The van der Waals surface area contributed by atoms with E-state index in [1.165, 1.54) is 11.8 Å². The van der Waals surface area contributed by atoms with Crippen LogP contribution in [0.1, 0.15) is 19.4 Å². The Morgan fingerprint density at radius 2 is 1.89 bits per heavy atom. The van der Waals surface area contributed by atoms with Crippen LogP contribution in [0.15, 0.2) is 64.4 Å². The monoisotopic (exact) mass is 455 g/mol. The van der Waals surface area contributed by atoms with Gasteiger partial charge in [-0.1, -0.05) is 58.0 Å². The molecule has 2 aromatic carbocycles. The Hall–Kier alpha value is -2.38. The molecule has 0 radical (unpaired) electrons.